The van der Waals surface area contributed by atoms with E-state index in [1.165, 1.54) is 19.4 Å². The summed E-state index contributed by atoms with van der Waals surface area (Å²) in [4.78, 5) is 0. The van der Waals surface area contributed by atoms with Crippen molar-refractivity contribution in [2.75, 3.05) is 19.8 Å². The quantitative estimate of drug-likeness (QED) is 0.671. The largest absolute Gasteiger partial charge is 0.381 e. The number of ether oxygens (including phenoxy) is 1. The maximum absolute atomic E-state index is 5.39. The molecule has 0 radical (unpaired) electrons. The number of hydrogen-bond acceptors (Lipinski definition) is 3. The SMILES string of the molecule is CC1CCNC(C2CCOC2)S1. The minimum atomic E-state index is 0.663. The Morgan fingerprint density at radius 2 is 2.33 bits per heavy atom. The van der Waals surface area contributed by atoms with Gasteiger partial charge in [0.1, 0.15) is 0 Å². The summed E-state index contributed by atoms with van der Waals surface area (Å²) in [6.07, 6.45) is 2.56. The lowest BCUT2D eigenvalue weighted by atomic mass is 10.1. The molecule has 2 fully saturated rings. The fraction of sp³-hybridized carbons (Fsp3) is 1.00. The van der Waals surface area contributed by atoms with Gasteiger partial charge in [0, 0.05) is 17.8 Å². The molecule has 12 heavy (non-hydrogen) atoms. The topological polar surface area (TPSA) is 21.3 Å². The van der Waals surface area contributed by atoms with Gasteiger partial charge in [-0.3, -0.25) is 0 Å². The Morgan fingerprint density at radius 3 is 3.00 bits per heavy atom. The fourth-order valence-electron chi connectivity index (χ4n) is 1.86. The van der Waals surface area contributed by atoms with E-state index in [-0.39, 0.29) is 0 Å². The Hall–Kier alpha value is 0.270. The molecule has 2 saturated heterocycles. The minimum absolute atomic E-state index is 0.663. The van der Waals surface area contributed by atoms with Crippen LogP contribution in [0.15, 0.2) is 0 Å². The fourth-order valence-corrected chi connectivity index (χ4v) is 3.27. The van der Waals surface area contributed by atoms with Crippen molar-refractivity contribution in [2.24, 2.45) is 5.92 Å². The molecule has 0 spiro atoms. The zero-order chi connectivity index (χ0) is 8.39. The van der Waals surface area contributed by atoms with Gasteiger partial charge in [0.25, 0.3) is 0 Å². The first-order valence-electron chi connectivity index (χ1n) is 4.83. The molecule has 0 aromatic rings. The summed E-state index contributed by atoms with van der Waals surface area (Å²) >= 11 is 2.09. The summed E-state index contributed by atoms with van der Waals surface area (Å²) in [5, 5.41) is 5.07. The van der Waals surface area contributed by atoms with Gasteiger partial charge in [0.15, 0.2) is 0 Å². The van der Waals surface area contributed by atoms with Gasteiger partial charge >= 0.3 is 0 Å². The lowest BCUT2D eigenvalue weighted by Crippen LogP contribution is -2.40. The van der Waals surface area contributed by atoms with Gasteiger partial charge in [-0.2, -0.15) is 0 Å². The number of rotatable bonds is 1. The van der Waals surface area contributed by atoms with Crippen LogP contribution < -0.4 is 5.32 Å². The van der Waals surface area contributed by atoms with Crippen molar-refractivity contribution in [1.82, 2.24) is 5.32 Å². The second kappa shape index (κ2) is 3.99. The second-order valence-electron chi connectivity index (χ2n) is 3.73. The summed E-state index contributed by atoms with van der Waals surface area (Å²) in [7, 11) is 0. The van der Waals surface area contributed by atoms with Crippen LogP contribution in [0.2, 0.25) is 0 Å². The van der Waals surface area contributed by atoms with Crippen molar-refractivity contribution in [3.05, 3.63) is 0 Å². The van der Waals surface area contributed by atoms with Crippen LogP contribution >= 0.6 is 11.8 Å². The van der Waals surface area contributed by atoms with Crippen molar-refractivity contribution in [1.29, 1.82) is 0 Å². The lowest BCUT2D eigenvalue weighted by molar-refractivity contribution is 0.183. The predicted molar refractivity (Wildman–Crippen MR) is 52.4 cm³/mol. The van der Waals surface area contributed by atoms with Gasteiger partial charge in [-0.25, -0.2) is 0 Å². The third-order valence-electron chi connectivity index (χ3n) is 2.67. The van der Waals surface area contributed by atoms with Gasteiger partial charge in [0.05, 0.1) is 12.0 Å². The number of hydrogen-bond donors (Lipinski definition) is 1. The van der Waals surface area contributed by atoms with Crippen LogP contribution in [0.4, 0.5) is 0 Å². The number of thioether (sulfide) groups is 1. The molecular formula is C9H17NOS. The molecule has 1 N–H and O–H groups in total. The average molecular weight is 187 g/mol. The van der Waals surface area contributed by atoms with Crippen molar-refractivity contribution < 1.29 is 4.74 Å². The predicted octanol–water partition coefficient (Wildman–Crippen LogP) is 1.46. The summed E-state index contributed by atoms with van der Waals surface area (Å²) in [5.41, 5.74) is 0. The standard InChI is InChI=1S/C9H17NOS/c1-7-2-4-10-9(12-7)8-3-5-11-6-8/h7-10H,2-6H2,1H3. The Kier molecular flexibility index (Phi) is 2.94. The molecular weight excluding hydrogens is 170 g/mol. The monoisotopic (exact) mass is 187 g/mol. The number of nitrogens with one attached hydrogen (secondary N) is 1. The van der Waals surface area contributed by atoms with Crippen LogP contribution in [0.25, 0.3) is 0 Å². The molecule has 3 atom stereocenters. The maximum Gasteiger partial charge on any atom is 0.0586 e. The molecule has 0 aliphatic carbocycles. The summed E-state index contributed by atoms with van der Waals surface area (Å²) in [5.74, 6) is 0.762. The van der Waals surface area contributed by atoms with E-state index >= 15 is 0 Å². The van der Waals surface area contributed by atoms with Crippen LogP contribution in [0, 0.1) is 5.92 Å². The van der Waals surface area contributed by atoms with E-state index in [2.05, 4.69) is 24.0 Å². The third-order valence-corrected chi connectivity index (χ3v) is 4.21. The van der Waals surface area contributed by atoms with E-state index in [1.54, 1.807) is 0 Å². The molecule has 3 heteroatoms. The molecule has 2 rings (SSSR count). The van der Waals surface area contributed by atoms with Gasteiger partial charge in [-0.15, -0.1) is 11.8 Å². The Bertz CT molecular complexity index is 147. The van der Waals surface area contributed by atoms with Crippen LogP contribution in [0.3, 0.4) is 0 Å². The first-order valence-corrected chi connectivity index (χ1v) is 5.77. The summed E-state index contributed by atoms with van der Waals surface area (Å²) < 4.78 is 5.39. The normalized spacial score (nSPS) is 43.2. The molecule has 2 heterocycles. The van der Waals surface area contributed by atoms with E-state index in [0.29, 0.717) is 5.37 Å². The zero-order valence-corrected chi connectivity index (χ0v) is 8.40. The van der Waals surface area contributed by atoms with Crippen molar-refractivity contribution in [3.63, 3.8) is 0 Å². The van der Waals surface area contributed by atoms with Crippen molar-refractivity contribution >= 4 is 11.8 Å². The highest BCUT2D eigenvalue weighted by atomic mass is 32.2. The molecule has 3 unspecified atom stereocenters. The van der Waals surface area contributed by atoms with Crippen LogP contribution in [0.1, 0.15) is 19.8 Å². The Morgan fingerprint density at radius 1 is 1.42 bits per heavy atom. The third kappa shape index (κ3) is 1.95. The van der Waals surface area contributed by atoms with E-state index in [1.807, 2.05) is 0 Å². The van der Waals surface area contributed by atoms with Crippen LogP contribution in [-0.4, -0.2) is 30.4 Å². The second-order valence-corrected chi connectivity index (χ2v) is 5.32. The van der Waals surface area contributed by atoms with Gasteiger partial charge < -0.3 is 10.1 Å². The Labute approximate surface area is 78.4 Å². The molecule has 2 aliphatic heterocycles. The molecule has 2 nitrogen and oxygen atoms in total. The minimum Gasteiger partial charge on any atom is -0.381 e. The average Bonchev–Trinajstić information content (AvgIpc) is 2.56. The van der Waals surface area contributed by atoms with E-state index in [4.69, 9.17) is 4.74 Å². The smallest absolute Gasteiger partial charge is 0.0586 e. The van der Waals surface area contributed by atoms with Crippen LogP contribution in [-0.2, 0) is 4.74 Å². The van der Waals surface area contributed by atoms with E-state index in [9.17, 15) is 0 Å². The molecule has 0 amide bonds. The molecule has 0 saturated carbocycles. The highest BCUT2D eigenvalue weighted by Crippen LogP contribution is 2.31. The van der Waals surface area contributed by atoms with Gasteiger partial charge in [-0.1, -0.05) is 6.92 Å². The highest BCUT2D eigenvalue weighted by molar-refractivity contribution is 8.00. The van der Waals surface area contributed by atoms with E-state index < -0.39 is 0 Å². The van der Waals surface area contributed by atoms with E-state index in [0.717, 1.165) is 24.4 Å². The summed E-state index contributed by atoms with van der Waals surface area (Å²) in [6.45, 7) is 5.46. The van der Waals surface area contributed by atoms with Crippen LogP contribution in [0.5, 0.6) is 0 Å². The lowest BCUT2D eigenvalue weighted by Gasteiger charge is -2.31. The molecule has 0 aromatic heterocycles. The van der Waals surface area contributed by atoms with Crippen molar-refractivity contribution in [3.8, 4) is 0 Å². The molecule has 2 aliphatic rings. The first kappa shape index (κ1) is 8.85. The molecule has 0 aromatic carbocycles. The summed E-state index contributed by atoms with van der Waals surface area (Å²) in [6, 6.07) is 0. The Balaban J connectivity index is 1.85. The molecule has 70 valence electrons. The first-order chi connectivity index (χ1) is 5.86. The zero-order valence-electron chi connectivity index (χ0n) is 7.58. The molecule has 0 bridgehead atoms. The highest BCUT2D eigenvalue weighted by Gasteiger charge is 2.29. The van der Waals surface area contributed by atoms with Gasteiger partial charge in [0.2, 0.25) is 0 Å². The van der Waals surface area contributed by atoms with Crippen molar-refractivity contribution in [2.45, 2.75) is 30.4 Å². The maximum atomic E-state index is 5.39. The van der Waals surface area contributed by atoms with Gasteiger partial charge in [-0.05, 0) is 19.4 Å².